The standard InChI is InChI=1S/C17H15FN2O/c18-15-9-12(10-19)4-6-17(15)21-11-13-3-5-16-14(8-13)2-1-7-20-16/h1-9H,10-11,19H2. The topological polar surface area (TPSA) is 48.1 Å². The second-order valence-corrected chi connectivity index (χ2v) is 4.79. The molecular formula is C17H15FN2O. The third kappa shape index (κ3) is 3.01. The minimum Gasteiger partial charge on any atom is -0.486 e. The number of rotatable bonds is 4. The van der Waals surface area contributed by atoms with Crippen molar-refractivity contribution >= 4 is 10.9 Å². The van der Waals surface area contributed by atoms with Gasteiger partial charge in [0.2, 0.25) is 0 Å². The first-order valence-electron chi connectivity index (χ1n) is 6.71. The van der Waals surface area contributed by atoms with E-state index < -0.39 is 0 Å². The molecular weight excluding hydrogens is 267 g/mol. The van der Waals surface area contributed by atoms with Crippen molar-refractivity contribution in [3.05, 3.63) is 71.7 Å². The van der Waals surface area contributed by atoms with Crippen molar-refractivity contribution in [3.63, 3.8) is 0 Å². The van der Waals surface area contributed by atoms with Crippen molar-refractivity contribution in [2.45, 2.75) is 13.2 Å². The molecule has 0 saturated carbocycles. The zero-order valence-corrected chi connectivity index (χ0v) is 11.4. The molecule has 0 unspecified atom stereocenters. The first-order chi connectivity index (χ1) is 10.3. The van der Waals surface area contributed by atoms with E-state index in [1.165, 1.54) is 6.07 Å². The van der Waals surface area contributed by atoms with E-state index in [-0.39, 0.29) is 11.6 Å². The lowest BCUT2D eigenvalue weighted by molar-refractivity contribution is 0.290. The van der Waals surface area contributed by atoms with Crippen molar-refractivity contribution < 1.29 is 9.13 Å². The van der Waals surface area contributed by atoms with Crippen LogP contribution in [-0.2, 0) is 13.2 Å². The third-order valence-corrected chi connectivity index (χ3v) is 3.29. The van der Waals surface area contributed by atoms with Crippen LogP contribution in [0.4, 0.5) is 4.39 Å². The molecule has 0 radical (unpaired) electrons. The maximum Gasteiger partial charge on any atom is 0.165 e. The molecule has 3 aromatic rings. The van der Waals surface area contributed by atoms with Gasteiger partial charge in [-0.2, -0.15) is 0 Å². The van der Waals surface area contributed by atoms with E-state index in [2.05, 4.69) is 4.98 Å². The molecule has 21 heavy (non-hydrogen) atoms. The Morgan fingerprint density at radius 1 is 1.05 bits per heavy atom. The molecule has 0 amide bonds. The smallest absolute Gasteiger partial charge is 0.165 e. The van der Waals surface area contributed by atoms with Crippen LogP contribution in [0.2, 0.25) is 0 Å². The van der Waals surface area contributed by atoms with Gasteiger partial charge in [-0.05, 0) is 41.5 Å². The van der Waals surface area contributed by atoms with Crippen molar-refractivity contribution in [3.8, 4) is 5.75 Å². The average molecular weight is 282 g/mol. The average Bonchev–Trinajstić information content (AvgIpc) is 2.53. The molecule has 0 aliphatic heterocycles. The quantitative estimate of drug-likeness (QED) is 0.797. The number of nitrogens with zero attached hydrogens (tertiary/aromatic N) is 1. The summed E-state index contributed by atoms with van der Waals surface area (Å²) in [4.78, 5) is 4.26. The molecule has 0 aliphatic rings. The number of halogens is 1. The monoisotopic (exact) mass is 282 g/mol. The fourth-order valence-corrected chi connectivity index (χ4v) is 2.16. The van der Waals surface area contributed by atoms with Gasteiger partial charge in [0.1, 0.15) is 6.61 Å². The van der Waals surface area contributed by atoms with Crippen LogP contribution in [0.15, 0.2) is 54.7 Å². The molecule has 0 aliphatic carbocycles. The Kier molecular flexibility index (Phi) is 3.79. The highest BCUT2D eigenvalue weighted by Gasteiger charge is 2.05. The Balaban J connectivity index is 1.77. The van der Waals surface area contributed by atoms with Crippen LogP contribution in [-0.4, -0.2) is 4.98 Å². The van der Waals surface area contributed by atoms with Crippen LogP contribution in [0.25, 0.3) is 10.9 Å². The molecule has 1 heterocycles. The van der Waals surface area contributed by atoms with Crippen molar-refractivity contribution in [1.82, 2.24) is 4.98 Å². The summed E-state index contributed by atoms with van der Waals surface area (Å²) in [6, 6.07) is 14.5. The van der Waals surface area contributed by atoms with E-state index >= 15 is 0 Å². The van der Waals surface area contributed by atoms with Crippen LogP contribution < -0.4 is 10.5 Å². The summed E-state index contributed by atoms with van der Waals surface area (Å²) in [5.74, 6) is -0.154. The maximum absolute atomic E-state index is 13.8. The highest BCUT2D eigenvalue weighted by atomic mass is 19.1. The van der Waals surface area contributed by atoms with Crippen LogP contribution in [0.5, 0.6) is 5.75 Å². The van der Waals surface area contributed by atoms with Gasteiger partial charge in [-0.25, -0.2) is 4.39 Å². The number of aromatic nitrogens is 1. The highest BCUT2D eigenvalue weighted by molar-refractivity contribution is 5.78. The number of hydrogen-bond acceptors (Lipinski definition) is 3. The molecule has 0 spiro atoms. The maximum atomic E-state index is 13.8. The van der Waals surface area contributed by atoms with Crippen LogP contribution in [0, 0.1) is 5.82 Å². The molecule has 2 N–H and O–H groups in total. The summed E-state index contributed by atoms with van der Waals surface area (Å²) in [5.41, 5.74) is 8.12. The number of pyridine rings is 1. The van der Waals surface area contributed by atoms with Gasteiger partial charge < -0.3 is 10.5 Å². The van der Waals surface area contributed by atoms with E-state index in [0.29, 0.717) is 13.2 Å². The van der Waals surface area contributed by atoms with Crippen LogP contribution >= 0.6 is 0 Å². The summed E-state index contributed by atoms with van der Waals surface area (Å²) in [6.07, 6.45) is 1.76. The van der Waals surface area contributed by atoms with E-state index in [9.17, 15) is 4.39 Å². The van der Waals surface area contributed by atoms with Crippen molar-refractivity contribution in [2.75, 3.05) is 0 Å². The first kappa shape index (κ1) is 13.5. The number of ether oxygens (including phenoxy) is 1. The van der Waals surface area contributed by atoms with Crippen LogP contribution in [0.1, 0.15) is 11.1 Å². The van der Waals surface area contributed by atoms with Gasteiger partial charge in [-0.1, -0.05) is 18.2 Å². The molecule has 1 aromatic heterocycles. The zero-order valence-electron chi connectivity index (χ0n) is 11.4. The summed E-state index contributed by atoms with van der Waals surface area (Å²) in [6.45, 7) is 0.624. The zero-order chi connectivity index (χ0) is 14.7. The lowest BCUT2D eigenvalue weighted by Crippen LogP contribution is -2.00. The van der Waals surface area contributed by atoms with Gasteiger partial charge in [-0.3, -0.25) is 4.98 Å². The molecule has 4 heteroatoms. The minimum absolute atomic E-state index is 0.235. The van der Waals surface area contributed by atoms with E-state index in [0.717, 1.165) is 22.0 Å². The fraction of sp³-hybridized carbons (Fsp3) is 0.118. The molecule has 3 rings (SSSR count). The van der Waals surface area contributed by atoms with E-state index in [4.69, 9.17) is 10.5 Å². The van der Waals surface area contributed by atoms with Gasteiger partial charge in [0, 0.05) is 18.1 Å². The lowest BCUT2D eigenvalue weighted by Gasteiger charge is -2.09. The fourth-order valence-electron chi connectivity index (χ4n) is 2.16. The van der Waals surface area contributed by atoms with Crippen molar-refractivity contribution in [2.24, 2.45) is 5.73 Å². The Labute approximate surface area is 122 Å². The van der Waals surface area contributed by atoms with Gasteiger partial charge in [-0.15, -0.1) is 0 Å². The normalized spacial score (nSPS) is 10.8. The largest absolute Gasteiger partial charge is 0.486 e. The predicted octanol–water partition coefficient (Wildman–Crippen LogP) is 3.41. The second kappa shape index (κ2) is 5.89. The summed E-state index contributed by atoms with van der Waals surface area (Å²) in [5, 5.41) is 1.04. The van der Waals surface area contributed by atoms with Crippen LogP contribution in [0.3, 0.4) is 0 Å². The molecule has 2 aromatic carbocycles. The second-order valence-electron chi connectivity index (χ2n) is 4.79. The number of nitrogens with two attached hydrogens (primary N) is 1. The number of benzene rings is 2. The van der Waals surface area contributed by atoms with Gasteiger partial charge in [0.25, 0.3) is 0 Å². The summed E-state index contributed by atoms with van der Waals surface area (Å²) < 4.78 is 19.3. The molecule has 0 bridgehead atoms. The third-order valence-electron chi connectivity index (χ3n) is 3.29. The molecule has 0 saturated heterocycles. The Bertz CT molecular complexity index is 774. The van der Waals surface area contributed by atoms with E-state index in [1.807, 2.05) is 30.3 Å². The highest BCUT2D eigenvalue weighted by Crippen LogP contribution is 2.20. The Hall–Kier alpha value is -2.46. The van der Waals surface area contributed by atoms with Gasteiger partial charge in [0.05, 0.1) is 5.52 Å². The molecule has 106 valence electrons. The summed E-state index contributed by atoms with van der Waals surface area (Å²) in [7, 11) is 0. The minimum atomic E-state index is -0.389. The number of hydrogen-bond donors (Lipinski definition) is 1. The Morgan fingerprint density at radius 2 is 1.90 bits per heavy atom. The van der Waals surface area contributed by atoms with Gasteiger partial charge in [0.15, 0.2) is 11.6 Å². The molecule has 0 fully saturated rings. The van der Waals surface area contributed by atoms with Gasteiger partial charge >= 0.3 is 0 Å². The Morgan fingerprint density at radius 3 is 2.71 bits per heavy atom. The SMILES string of the molecule is NCc1ccc(OCc2ccc3ncccc3c2)c(F)c1. The molecule has 0 atom stereocenters. The van der Waals surface area contributed by atoms with Crippen molar-refractivity contribution in [1.29, 1.82) is 0 Å². The lowest BCUT2D eigenvalue weighted by atomic mass is 10.1. The molecule has 3 nitrogen and oxygen atoms in total. The predicted molar refractivity (Wildman–Crippen MR) is 80.4 cm³/mol. The summed E-state index contributed by atoms with van der Waals surface area (Å²) >= 11 is 0. The number of fused-ring (bicyclic) bond motifs is 1. The van der Waals surface area contributed by atoms with E-state index in [1.54, 1.807) is 18.3 Å². The first-order valence-corrected chi connectivity index (χ1v) is 6.71.